The van der Waals surface area contributed by atoms with E-state index in [1.165, 1.54) is 6.20 Å². The third-order valence-electron chi connectivity index (χ3n) is 3.53. The third kappa shape index (κ3) is 2.43. The molecule has 0 unspecified atom stereocenters. The number of halogens is 3. The quantitative estimate of drug-likeness (QED) is 0.778. The van der Waals surface area contributed by atoms with Crippen LogP contribution in [0.3, 0.4) is 0 Å². The number of rotatable bonds is 2. The lowest BCUT2D eigenvalue weighted by Gasteiger charge is -2.21. The van der Waals surface area contributed by atoms with Gasteiger partial charge in [-0.2, -0.15) is 5.10 Å². The molecule has 3 nitrogen and oxygen atoms in total. The van der Waals surface area contributed by atoms with Crippen LogP contribution in [0.1, 0.15) is 18.9 Å². The molecule has 1 radical (unpaired) electrons. The number of piperidine rings is 1. The van der Waals surface area contributed by atoms with Gasteiger partial charge in [0.15, 0.2) is 17.5 Å². The Morgan fingerprint density at radius 1 is 1.00 bits per heavy atom. The van der Waals surface area contributed by atoms with Crippen LogP contribution in [0.4, 0.5) is 13.2 Å². The summed E-state index contributed by atoms with van der Waals surface area (Å²) in [6, 6.07) is 2.22. The van der Waals surface area contributed by atoms with E-state index < -0.39 is 17.5 Å². The molecule has 2 heterocycles. The van der Waals surface area contributed by atoms with Crippen LogP contribution < -0.4 is 5.32 Å². The molecule has 1 aromatic heterocycles. The van der Waals surface area contributed by atoms with Gasteiger partial charge in [0.25, 0.3) is 0 Å². The molecule has 0 saturated carbocycles. The van der Waals surface area contributed by atoms with Crippen LogP contribution in [0.15, 0.2) is 24.5 Å². The highest BCUT2D eigenvalue weighted by molar-refractivity contribution is 5.61. The Kier molecular flexibility index (Phi) is 3.48. The fraction of sp³-hybridized carbons (Fsp3) is 0.357. The Balaban J connectivity index is 1.89. The minimum Gasteiger partial charge on any atom is -0.269 e. The lowest BCUT2D eigenvalue weighted by molar-refractivity contribution is 0.339. The molecule has 1 aromatic carbocycles. The van der Waals surface area contributed by atoms with Gasteiger partial charge in [-0.25, -0.2) is 18.5 Å². The molecule has 1 saturated heterocycles. The van der Waals surface area contributed by atoms with Crippen LogP contribution in [0.25, 0.3) is 11.1 Å². The number of benzene rings is 1. The first kappa shape index (κ1) is 13.2. The van der Waals surface area contributed by atoms with Crippen molar-refractivity contribution in [3.8, 4) is 11.1 Å². The molecule has 1 fully saturated rings. The molecule has 0 aliphatic carbocycles. The minimum atomic E-state index is -1.45. The molecular formula is C14H13F3N3. The predicted molar refractivity (Wildman–Crippen MR) is 67.7 cm³/mol. The standard InChI is InChI=1S/C14H13F3N3/c15-12-5-9(6-13(16)14(12)17)10-7-19-20(8-10)11-1-3-18-4-2-11/h5-8,11H,1-4H2. The first-order valence-corrected chi connectivity index (χ1v) is 6.47. The van der Waals surface area contributed by atoms with Gasteiger partial charge in [0.2, 0.25) is 0 Å². The topological polar surface area (TPSA) is 31.9 Å². The van der Waals surface area contributed by atoms with Crippen molar-refractivity contribution in [1.82, 2.24) is 15.1 Å². The highest BCUT2D eigenvalue weighted by atomic mass is 19.2. The summed E-state index contributed by atoms with van der Waals surface area (Å²) in [4.78, 5) is 0. The van der Waals surface area contributed by atoms with Gasteiger partial charge in [0.05, 0.1) is 12.2 Å². The van der Waals surface area contributed by atoms with Crippen molar-refractivity contribution in [2.45, 2.75) is 18.9 Å². The molecule has 0 atom stereocenters. The van der Waals surface area contributed by atoms with Gasteiger partial charge in [-0.3, -0.25) is 4.68 Å². The number of nitrogens with zero attached hydrogens (tertiary/aromatic N) is 3. The molecular weight excluding hydrogens is 267 g/mol. The van der Waals surface area contributed by atoms with Gasteiger partial charge in [0.1, 0.15) is 0 Å². The second-order valence-electron chi connectivity index (χ2n) is 4.86. The van der Waals surface area contributed by atoms with Crippen LogP contribution >= 0.6 is 0 Å². The molecule has 1 aliphatic rings. The maximum absolute atomic E-state index is 13.2. The zero-order valence-electron chi connectivity index (χ0n) is 10.7. The first-order valence-electron chi connectivity index (χ1n) is 6.47. The summed E-state index contributed by atoms with van der Waals surface area (Å²) in [7, 11) is 0. The average molecular weight is 280 g/mol. The zero-order valence-corrected chi connectivity index (χ0v) is 10.7. The third-order valence-corrected chi connectivity index (χ3v) is 3.53. The zero-order chi connectivity index (χ0) is 14.1. The van der Waals surface area contributed by atoms with E-state index in [1.54, 1.807) is 10.9 Å². The summed E-state index contributed by atoms with van der Waals surface area (Å²) in [5, 5.41) is 8.50. The maximum Gasteiger partial charge on any atom is 0.194 e. The average Bonchev–Trinajstić information content (AvgIpc) is 2.95. The van der Waals surface area contributed by atoms with Crippen molar-refractivity contribution in [3.63, 3.8) is 0 Å². The van der Waals surface area contributed by atoms with E-state index in [1.807, 2.05) is 0 Å². The Morgan fingerprint density at radius 2 is 1.65 bits per heavy atom. The summed E-state index contributed by atoms with van der Waals surface area (Å²) in [5.41, 5.74) is 0.860. The minimum absolute atomic E-state index is 0.261. The molecule has 2 aromatic rings. The fourth-order valence-electron chi connectivity index (χ4n) is 2.41. The van der Waals surface area contributed by atoms with Gasteiger partial charge in [-0.1, -0.05) is 0 Å². The highest BCUT2D eigenvalue weighted by Crippen LogP contribution is 2.26. The smallest absolute Gasteiger partial charge is 0.194 e. The Hall–Kier alpha value is -1.82. The van der Waals surface area contributed by atoms with Crippen molar-refractivity contribution in [1.29, 1.82) is 0 Å². The second-order valence-corrected chi connectivity index (χ2v) is 4.86. The van der Waals surface area contributed by atoms with Crippen molar-refractivity contribution < 1.29 is 13.2 Å². The molecule has 0 bridgehead atoms. The van der Waals surface area contributed by atoms with Crippen LogP contribution in [0.5, 0.6) is 0 Å². The van der Waals surface area contributed by atoms with E-state index in [-0.39, 0.29) is 11.6 Å². The van der Waals surface area contributed by atoms with Crippen LogP contribution in [0.2, 0.25) is 0 Å². The van der Waals surface area contributed by atoms with E-state index in [2.05, 4.69) is 10.4 Å². The Labute approximate surface area is 114 Å². The highest BCUT2D eigenvalue weighted by Gasteiger charge is 2.18. The first-order chi connectivity index (χ1) is 9.65. The van der Waals surface area contributed by atoms with E-state index in [9.17, 15) is 13.2 Å². The van der Waals surface area contributed by atoms with Gasteiger partial charge >= 0.3 is 0 Å². The van der Waals surface area contributed by atoms with E-state index in [0.717, 1.165) is 38.1 Å². The maximum atomic E-state index is 13.2. The Bertz CT molecular complexity index is 595. The van der Waals surface area contributed by atoms with Crippen LogP contribution in [-0.4, -0.2) is 22.9 Å². The lowest BCUT2D eigenvalue weighted by Crippen LogP contribution is -2.24. The largest absolute Gasteiger partial charge is 0.269 e. The predicted octanol–water partition coefficient (Wildman–Crippen LogP) is 2.91. The van der Waals surface area contributed by atoms with E-state index >= 15 is 0 Å². The molecule has 20 heavy (non-hydrogen) atoms. The molecule has 105 valence electrons. The summed E-state index contributed by atoms with van der Waals surface area (Å²) in [5.74, 6) is -3.83. The van der Waals surface area contributed by atoms with Gasteiger partial charge in [-0.05, 0) is 30.5 Å². The monoisotopic (exact) mass is 280 g/mol. The van der Waals surface area contributed by atoms with Gasteiger partial charge in [0, 0.05) is 24.8 Å². The Morgan fingerprint density at radius 3 is 2.30 bits per heavy atom. The van der Waals surface area contributed by atoms with E-state index in [0.29, 0.717) is 5.56 Å². The van der Waals surface area contributed by atoms with Gasteiger partial charge < -0.3 is 0 Å². The second kappa shape index (κ2) is 5.28. The SMILES string of the molecule is Fc1cc(-c2cnn(C3CC[N]CC3)c2)cc(F)c1F. The number of aromatic nitrogens is 2. The molecule has 1 aliphatic heterocycles. The van der Waals surface area contributed by atoms with Crippen molar-refractivity contribution in [3.05, 3.63) is 42.0 Å². The van der Waals surface area contributed by atoms with Crippen molar-refractivity contribution in [2.75, 3.05) is 13.1 Å². The van der Waals surface area contributed by atoms with Crippen molar-refractivity contribution in [2.24, 2.45) is 0 Å². The van der Waals surface area contributed by atoms with Gasteiger partial charge in [-0.15, -0.1) is 0 Å². The fourth-order valence-corrected chi connectivity index (χ4v) is 2.41. The number of hydrogen-bond donors (Lipinski definition) is 0. The lowest BCUT2D eigenvalue weighted by atomic mass is 10.1. The number of hydrogen-bond acceptors (Lipinski definition) is 1. The summed E-state index contributed by atoms with van der Waals surface area (Å²) in [6.45, 7) is 1.61. The molecule has 0 spiro atoms. The summed E-state index contributed by atoms with van der Waals surface area (Å²) in [6.07, 6.45) is 5.10. The molecule has 0 N–H and O–H groups in total. The van der Waals surface area contributed by atoms with Crippen LogP contribution in [-0.2, 0) is 0 Å². The molecule has 3 rings (SSSR count). The van der Waals surface area contributed by atoms with Crippen molar-refractivity contribution >= 4 is 0 Å². The summed E-state index contributed by atoms with van der Waals surface area (Å²) < 4.78 is 41.2. The molecule has 6 heteroatoms. The summed E-state index contributed by atoms with van der Waals surface area (Å²) >= 11 is 0. The normalized spacial score (nSPS) is 16.6. The van der Waals surface area contributed by atoms with Crippen LogP contribution in [0, 0.1) is 17.5 Å². The molecule has 0 amide bonds. The van der Waals surface area contributed by atoms with E-state index in [4.69, 9.17) is 0 Å².